The normalized spacial score (nSPS) is 10.2. The summed E-state index contributed by atoms with van der Waals surface area (Å²) >= 11 is 5.85. The molecule has 21 heavy (non-hydrogen) atoms. The molecule has 0 heterocycles. The summed E-state index contributed by atoms with van der Waals surface area (Å²) in [5.74, 6) is -0.476. The van der Waals surface area contributed by atoms with Crippen molar-refractivity contribution in [3.05, 3.63) is 70.7 Å². The summed E-state index contributed by atoms with van der Waals surface area (Å²) in [5, 5.41) is 0.626. The minimum absolute atomic E-state index is 0.196. The fourth-order valence-electron chi connectivity index (χ4n) is 1.97. The van der Waals surface area contributed by atoms with E-state index in [0.717, 1.165) is 5.56 Å². The highest BCUT2D eigenvalue weighted by Gasteiger charge is 2.21. The Morgan fingerprint density at radius 1 is 1.00 bits per heavy atom. The highest BCUT2D eigenvalue weighted by Crippen LogP contribution is 2.14. The lowest BCUT2D eigenvalue weighted by Crippen LogP contribution is -2.35. The molecule has 0 unspecified atom stereocenters. The Morgan fingerprint density at radius 2 is 1.62 bits per heavy atom. The molecule has 2 aromatic carbocycles. The molecule has 4 heteroatoms. The van der Waals surface area contributed by atoms with E-state index in [2.05, 4.69) is 0 Å². The molecule has 2 rings (SSSR count). The van der Waals surface area contributed by atoms with Crippen LogP contribution < -0.4 is 0 Å². The molecule has 3 nitrogen and oxygen atoms in total. The van der Waals surface area contributed by atoms with Gasteiger partial charge in [0.25, 0.3) is 5.91 Å². The number of carbonyl (C=O) groups excluding carboxylic acids is 2. The van der Waals surface area contributed by atoms with Gasteiger partial charge in [-0.05, 0) is 29.8 Å². The molecule has 0 aliphatic heterocycles. The lowest BCUT2D eigenvalue weighted by Gasteiger charge is -2.20. The van der Waals surface area contributed by atoms with Gasteiger partial charge in [-0.15, -0.1) is 0 Å². The van der Waals surface area contributed by atoms with E-state index in [-0.39, 0.29) is 24.8 Å². The van der Waals surface area contributed by atoms with E-state index in [4.69, 9.17) is 11.6 Å². The molecule has 0 saturated heterocycles. The Hall–Kier alpha value is -2.13. The summed E-state index contributed by atoms with van der Waals surface area (Å²) in [4.78, 5) is 25.8. The van der Waals surface area contributed by atoms with E-state index in [9.17, 15) is 9.59 Å². The number of rotatable bonds is 4. The highest BCUT2D eigenvalue weighted by atomic mass is 35.5. The molecule has 0 bridgehead atoms. The average molecular weight is 302 g/mol. The number of hydrogen-bond donors (Lipinski definition) is 0. The smallest absolute Gasteiger partial charge is 0.260 e. The van der Waals surface area contributed by atoms with Crippen LogP contribution in [-0.4, -0.2) is 16.7 Å². The highest BCUT2D eigenvalue weighted by molar-refractivity contribution is 6.30. The van der Waals surface area contributed by atoms with Crippen LogP contribution in [0, 0.1) is 0 Å². The summed E-state index contributed by atoms with van der Waals surface area (Å²) in [6, 6.07) is 15.9. The summed E-state index contributed by atoms with van der Waals surface area (Å²) < 4.78 is 0. The van der Waals surface area contributed by atoms with Crippen LogP contribution in [0.5, 0.6) is 0 Å². The number of hydrogen-bond acceptors (Lipinski definition) is 2. The first-order chi connectivity index (χ1) is 10.1. The van der Waals surface area contributed by atoms with Gasteiger partial charge >= 0.3 is 0 Å². The molecule has 0 fully saturated rings. The monoisotopic (exact) mass is 301 g/mol. The van der Waals surface area contributed by atoms with Crippen molar-refractivity contribution in [3.8, 4) is 0 Å². The summed E-state index contributed by atoms with van der Waals surface area (Å²) in [6.45, 7) is 1.99. The minimum Gasteiger partial charge on any atom is -0.274 e. The van der Waals surface area contributed by atoms with Crippen LogP contribution in [0.3, 0.4) is 0 Å². The van der Waals surface area contributed by atoms with E-state index < -0.39 is 0 Å². The molecule has 0 N–H and O–H groups in total. The molecule has 0 radical (unpaired) electrons. The van der Waals surface area contributed by atoms with Crippen molar-refractivity contribution < 1.29 is 9.59 Å². The predicted molar refractivity (Wildman–Crippen MR) is 83.1 cm³/mol. The Kier molecular flexibility index (Phi) is 5.12. The first-order valence-corrected chi connectivity index (χ1v) is 7.13. The van der Waals surface area contributed by atoms with Crippen molar-refractivity contribution in [1.82, 2.24) is 4.90 Å². The molecule has 0 aromatic heterocycles. The van der Waals surface area contributed by atoms with Crippen molar-refractivity contribution in [2.75, 3.05) is 0 Å². The van der Waals surface area contributed by atoms with Crippen LogP contribution in [0.15, 0.2) is 54.6 Å². The average Bonchev–Trinajstić information content (AvgIpc) is 2.54. The second kappa shape index (κ2) is 7.04. The second-order valence-electron chi connectivity index (χ2n) is 4.63. The molecule has 108 valence electrons. The van der Waals surface area contributed by atoms with Gasteiger partial charge in [0.15, 0.2) is 0 Å². The van der Waals surface area contributed by atoms with Gasteiger partial charge in [-0.3, -0.25) is 14.5 Å². The zero-order valence-electron chi connectivity index (χ0n) is 11.8. The van der Waals surface area contributed by atoms with Gasteiger partial charge in [0.2, 0.25) is 5.91 Å². The lowest BCUT2D eigenvalue weighted by atomic mass is 10.1. The van der Waals surface area contributed by atoms with Gasteiger partial charge in [0.05, 0.1) is 6.54 Å². The summed E-state index contributed by atoms with van der Waals surface area (Å²) in [6.07, 6.45) is 0.284. The number of imide groups is 1. The lowest BCUT2D eigenvalue weighted by molar-refractivity contribution is -0.128. The largest absolute Gasteiger partial charge is 0.274 e. The van der Waals surface area contributed by atoms with Crippen molar-refractivity contribution in [2.45, 2.75) is 19.9 Å². The second-order valence-corrected chi connectivity index (χ2v) is 5.07. The van der Waals surface area contributed by atoms with E-state index in [1.165, 1.54) is 4.90 Å². The van der Waals surface area contributed by atoms with Crippen LogP contribution in [0.1, 0.15) is 29.3 Å². The van der Waals surface area contributed by atoms with E-state index in [1.807, 2.05) is 18.2 Å². The van der Waals surface area contributed by atoms with Crippen LogP contribution in [0.25, 0.3) is 0 Å². The van der Waals surface area contributed by atoms with Gasteiger partial charge in [-0.2, -0.15) is 0 Å². The Morgan fingerprint density at radius 3 is 2.19 bits per heavy atom. The number of halogens is 1. The van der Waals surface area contributed by atoms with Gasteiger partial charge in [-0.1, -0.05) is 48.9 Å². The molecule has 0 saturated carbocycles. The molecular weight excluding hydrogens is 286 g/mol. The van der Waals surface area contributed by atoms with Crippen LogP contribution >= 0.6 is 11.6 Å². The van der Waals surface area contributed by atoms with Crippen molar-refractivity contribution in [1.29, 1.82) is 0 Å². The minimum atomic E-state index is -0.280. The first-order valence-electron chi connectivity index (χ1n) is 6.76. The van der Waals surface area contributed by atoms with E-state index in [0.29, 0.717) is 10.6 Å². The zero-order chi connectivity index (χ0) is 15.2. The SMILES string of the molecule is CCC(=O)N(Cc1ccc(Cl)cc1)C(=O)c1ccccc1. The van der Waals surface area contributed by atoms with Gasteiger partial charge < -0.3 is 0 Å². The number of benzene rings is 2. The topological polar surface area (TPSA) is 37.4 Å². The van der Waals surface area contributed by atoms with Crippen LogP contribution in [0.4, 0.5) is 0 Å². The maximum atomic E-state index is 12.5. The molecular formula is C17H16ClNO2. The maximum Gasteiger partial charge on any atom is 0.260 e. The predicted octanol–water partition coefficient (Wildman–Crippen LogP) is 3.92. The van der Waals surface area contributed by atoms with E-state index >= 15 is 0 Å². The van der Waals surface area contributed by atoms with Crippen LogP contribution in [0.2, 0.25) is 5.02 Å². The Bertz CT molecular complexity index is 623. The third kappa shape index (κ3) is 3.92. The van der Waals surface area contributed by atoms with Crippen molar-refractivity contribution >= 4 is 23.4 Å². The van der Waals surface area contributed by atoms with Gasteiger partial charge in [-0.25, -0.2) is 0 Å². The molecule has 0 aliphatic carbocycles. The van der Waals surface area contributed by atoms with Crippen molar-refractivity contribution in [2.24, 2.45) is 0 Å². The molecule has 2 aromatic rings. The fraction of sp³-hybridized carbons (Fsp3) is 0.176. The third-order valence-electron chi connectivity index (χ3n) is 3.12. The number of amides is 2. The Labute approximate surface area is 129 Å². The van der Waals surface area contributed by atoms with Crippen LogP contribution in [-0.2, 0) is 11.3 Å². The maximum absolute atomic E-state index is 12.5. The van der Waals surface area contributed by atoms with Gasteiger partial charge in [0, 0.05) is 17.0 Å². The summed E-state index contributed by atoms with van der Waals surface area (Å²) in [7, 11) is 0. The molecule has 0 spiro atoms. The standard InChI is InChI=1S/C17H16ClNO2/c1-2-16(20)19(12-13-8-10-15(18)11-9-13)17(21)14-6-4-3-5-7-14/h3-11H,2,12H2,1H3. The molecule has 0 aliphatic rings. The fourth-order valence-corrected chi connectivity index (χ4v) is 2.10. The molecule has 2 amide bonds. The number of carbonyl (C=O) groups is 2. The Balaban J connectivity index is 2.24. The molecule has 0 atom stereocenters. The quantitative estimate of drug-likeness (QED) is 0.858. The first kappa shape index (κ1) is 15.3. The number of nitrogens with zero attached hydrogens (tertiary/aromatic N) is 1. The zero-order valence-corrected chi connectivity index (χ0v) is 12.5. The van der Waals surface area contributed by atoms with E-state index in [1.54, 1.807) is 43.3 Å². The van der Waals surface area contributed by atoms with Crippen molar-refractivity contribution in [3.63, 3.8) is 0 Å². The third-order valence-corrected chi connectivity index (χ3v) is 3.38. The summed E-state index contributed by atoms with van der Waals surface area (Å²) in [5.41, 5.74) is 1.37. The van der Waals surface area contributed by atoms with Gasteiger partial charge in [0.1, 0.15) is 0 Å².